The van der Waals surface area contributed by atoms with E-state index in [9.17, 15) is 33.2 Å². The molecule has 0 aliphatic carbocycles. The lowest BCUT2D eigenvalue weighted by Crippen LogP contribution is -2.57. The van der Waals surface area contributed by atoms with Crippen molar-refractivity contribution >= 4 is 34.1 Å². The zero-order valence-electron chi connectivity index (χ0n) is 29.0. The molecule has 0 radical (unpaired) electrons. The summed E-state index contributed by atoms with van der Waals surface area (Å²) >= 11 is 0. The Balaban J connectivity index is 1.59. The van der Waals surface area contributed by atoms with Crippen LogP contribution < -0.4 is 5.32 Å². The summed E-state index contributed by atoms with van der Waals surface area (Å²) in [6.07, 6.45) is 1.34. The number of oxime groups is 1. The number of hydrogen-bond acceptors (Lipinski definition) is 10. The highest BCUT2D eigenvalue weighted by Gasteiger charge is 2.44. The molecule has 1 fully saturated rings. The molecule has 51 heavy (non-hydrogen) atoms. The van der Waals surface area contributed by atoms with Crippen molar-refractivity contribution in [3.05, 3.63) is 95.3 Å². The maximum atomic E-state index is 14.1. The van der Waals surface area contributed by atoms with E-state index in [4.69, 9.17) is 5.21 Å². The fraction of sp³-hybridized carbons (Fsp3) is 0.389. The third-order valence-electron chi connectivity index (χ3n) is 8.37. The van der Waals surface area contributed by atoms with Gasteiger partial charge >= 0.3 is 6.03 Å². The Hall–Kier alpha value is -5.17. The molecule has 14 nitrogen and oxygen atoms in total. The number of aliphatic hydroxyl groups is 1. The number of carbonyl (C=O) groups is 3. The number of urea groups is 1. The number of carbonyl (C=O) groups excluding carboxylic acids is 3. The van der Waals surface area contributed by atoms with Gasteiger partial charge in [-0.25, -0.2) is 18.2 Å². The lowest BCUT2D eigenvalue weighted by molar-refractivity contribution is -0.129. The van der Waals surface area contributed by atoms with E-state index >= 15 is 0 Å². The molecule has 2 aromatic carbocycles. The number of aromatic nitrogens is 1. The van der Waals surface area contributed by atoms with Gasteiger partial charge in [-0.1, -0.05) is 75.3 Å². The van der Waals surface area contributed by atoms with Crippen LogP contribution in [0.25, 0.3) is 0 Å². The van der Waals surface area contributed by atoms with Gasteiger partial charge in [-0.2, -0.15) is 9.57 Å². The molecule has 1 aliphatic heterocycles. The van der Waals surface area contributed by atoms with Crippen molar-refractivity contribution in [3.63, 3.8) is 0 Å². The molecule has 3 N–H and O–H groups in total. The summed E-state index contributed by atoms with van der Waals surface area (Å²) in [5, 5.41) is 35.6. The molecule has 4 amide bonds. The number of nitriles is 1. The van der Waals surface area contributed by atoms with Crippen molar-refractivity contribution in [1.82, 2.24) is 24.4 Å². The van der Waals surface area contributed by atoms with Crippen LogP contribution in [0.1, 0.15) is 50.1 Å². The second kappa shape index (κ2) is 17.2. The van der Waals surface area contributed by atoms with Crippen LogP contribution in [0.3, 0.4) is 0 Å². The highest BCUT2D eigenvalue weighted by atomic mass is 32.2. The Kier molecular flexibility index (Phi) is 13.0. The Morgan fingerprint density at radius 2 is 1.75 bits per heavy atom. The number of aliphatic hydroxyl groups excluding tert-OH is 1. The first-order valence-corrected chi connectivity index (χ1v) is 17.9. The van der Waals surface area contributed by atoms with Gasteiger partial charge in [0.15, 0.2) is 0 Å². The molecule has 0 unspecified atom stereocenters. The van der Waals surface area contributed by atoms with E-state index in [0.29, 0.717) is 11.1 Å². The van der Waals surface area contributed by atoms with E-state index in [0.717, 1.165) is 10.5 Å². The van der Waals surface area contributed by atoms with Gasteiger partial charge in [0.2, 0.25) is 15.9 Å². The summed E-state index contributed by atoms with van der Waals surface area (Å²) in [7, 11) is -4.11. The van der Waals surface area contributed by atoms with Crippen molar-refractivity contribution in [2.45, 2.75) is 63.7 Å². The van der Waals surface area contributed by atoms with Crippen LogP contribution in [0.15, 0.2) is 83.0 Å². The fourth-order valence-corrected chi connectivity index (χ4v) is 7.55. The van der Waals surface area contributed by atoms with Crippen LogP contribution in [-0.2, 0) is 32.6 Å². The molecule has 270 valence electrons. The summed E-state index contributed by atoms with van der Waals surface area (Å²) in [6.45, 7) is 6.45. The number of imide groups is 1. The van der Waals surface area contributed by atoms with Crippen LogP contribution in [0.5, 0.6) is 0 Å². The molecular weight excluding hydrogens is 675 g/mol. The Labute approximate surface area is 298 Å². The molecule has 0 saturated carbocycles. The number of pyridine rings is 1. The normalized spacial score (nSPS) is 15.5. The molecule has 4 rings (SSSR count). The SMILES string of the molecule is CC(C)CN(C[C@@H](O)[C@H](Cc1ccccc1)NC(=O)[C@H](C(C)C)N1CC(=O)N(Cc2ccnc(C#N)c2)C1=O)S(=O)(=O)c1ccc(/C=N/O)cc1. The minimum Gasteiger partial charge on any atom is -0.411 e. The highest BCUT2D eigenvalue weighted by molar-refractivity contribution is 7.89. The first-order valence-electron chi connectivity index (χ1n) is 16.5. The van der Waals surface area contributed by atoms with Gasteiger partial charge in [0, 0.05) is 19.3 Å². The lowest BCUT2D eigenvalue weighted by atomic mass is 9.97. The molecule has 3 aromatic rings. The molecule has 3 atom stereocenters. The predicted octanol–water partition coefficient (Wildman–Crippen LogP) is 2.99. The summed E-state index contributed by atoms with van der Waals surface area (Å²) < 4.78 is 28.9. The van der Waals surface area contributed by atoms with E-state index in [1.54, 1.807) is 19.9 Å². The molecule has 15 heteroatoms. The molecular formula is C36H43N7O7S. The van der Waals surface area contributed by atoms with E-state index in [1.807, 2.05) is 50.2 Å². The zero-order chi connectivity index (χ0) is 37.3. The maximum absolute atomic E-state index is 14.1. The molecule has 1 aliphatic rings. The second-order valence-electron chi connectivity index (χ2n) is 13.1. The van der Waals surface area contributed by atoms with E-state index in [2.05, 4.69) is 15.5 Å². The Bertz CT molecular complexity index is 1860. The second-order valence-corrected chi connectivity index (χ2v) is 15.1. The summed E-state index contributed by atoms with van der Waals surface area (Å²) in [6, 6.07) is 17.1. The number of amides is 4. The van der Waals surface area contributed by atoms with Crippen molar-refractivity contribution < 1.29 is 33.1 Å². The third kappa shape index (κ3) is 9.75. The van der Waals surface area contributed by atoms with Crippen molar-refractivity contribution in [1.29, 1.82) is 5.26 Å². The van der Waals surface area contributed by atoms with Crippen LogP contribution in [0.2, 0.25) is 0 Å². The Morgan fingerprint density at radius 1 is 1.06 bits per heavy atom. The number of hydrogen-bond donors (Lipinski definition) is 3. The average Bonchev–Trinajstić information content (AvgIpc) is 3.36. The molecule has 1 aromatic heterocycles. The van der Waals surface area contributed by atoms with Crippen LogP contribution in [0.4, 0.5) is 4.79 Å². The van der Waals surface area contributed by atoms with Crippen LogP contribution in [-0.4, -0.2) is 99.7 Å². The number of sulfonamides is 1. The lowest BCUT2D eigenvalue weighted by Gasteiger charge is -2.34. The van der Waals surface area contributed by atoms with Crippen molar-refractivity contribution in [3.8, 4) is 6.07 Å². The van der Waals surface area contributed by atoms with Crippen molar-refractivity contribution in [2.75, 3.05) is 19.6 Å². The fourth-order valence-electron chi connectivity index (χ4n) is 5.93. The van der Waals surface area contributed by atoms with Gasteiger partial charge in [-0.3, -0.25) is 14.5 Å². The smallest absolute Gasteiger partial charge is 0.328 e. The first kappa shape index (κ1) is 38.6. The monoisotopic (exact) mass is 717 g/mol. The van der Waals surface area contributed by atoms with Gasteiger partial charge in [-0.15, -0.1) is 0 Å². The first-order chi connectivity index (χ1) is 24.2. The highest BCUT2D eigenvalue weighted by Crippen LogP contribution is 2.23. The minimum absolute atomic E-state index is 0.0219. The standard InChI is InChI=1S/C36H43N7O7S/c1-24(2)20-41(51(49,50)30-12-10-27(11-13-30)19-39-48)22-32(44)31(17-26-8-6-5-7-9-26)40-35(46)34(25(3)4)43-23-33(45)42(36(43)47)21-28-14-15-38-29(16-28)18-37/h5-16,19,24-25,31-32,34,44,48H,17,20-23H2,1-4H3,(H,40,46)/b39-19+/t31-,32+,34-/m0/s1. The Morgan fingerprint density at radius 3 is 2.35 bits per heavy atom. The molecule has 1 saturated heterocycles. The average molecular weight is 718 g/mol. The summed E-state index contributed by atoms with van der Waals surface area (Å²) in [5.41, 5.74) is 1.92. The molecule has 0 spiro atoms. The van der Waals surface area contributed by atoms with E-state index in [1.165, 1.54) is 51.9 Å². The molecule has 2 heterocycles. The number of nitrogens with one attached hydrogen (secondary N) is 1. The topological polar surface area (TPSA) is 197 Å². The molecule has 0 bridgehead atoms. The van der Waals surface area contributed by atoms with Gasteiger partial charge in [0.1, 0.15) is 24.3 Å². The quantitative estimate of drug-likeness (QED) is 0.0864. The van der Waals surface area contributed by atoms with E-state index < -0.39 is 52.0 Å². The van der Waals surface area contributed by atoms with Gasteiger partial charge in [-0.05, 0) is 59.2 Å². The van der Waals surface area contributed by atoms with Crippen LogP contribution >= 0.6 is 0 Å². The van der Waals surface area contributed by atoms with Gasteiger partial charge < -0.3 is 20.5 Å². The number of benzene rings is 2. The zero-order valence-corrected chi connectivity index (χ0v) is 29.8. The van der Waals surface area contributed by atoms with Crippen LogP contribution in [0, 0.1) is 23.2 Å². The predicted molar refractivity (Wildman–Crippen MR) is 188 cm³/mol. The summed E-state index contributed by atoms with van der Waals surface area (Å²) in [5.74, 6) is -1.68. The number of nitrogens with zero attached hydrogens (tertiary/aromatic N) is 6. The van der Waals surface area contributed by atoms with Crippen molar-refractivity contribution in [2.24, 2.45) is 17.0 Å². The van der Waals surface area contributed by atoms with E-state index in [-0.39, 0.29) is 49.1 Å². The maximum Gasteiger partial charge on any atom is 0.328 e. The third-order valence-corrected chi connectivity index (χ3v) is 10.2. The minimum atomic E-state index is -4.11. The largest absolute Gasteiger partial charge is 0.411 e. The van der Waals surface area contributed by atoms with Gasteiger partial charge in [0.05, 0.1) is 29.8 Å². The van der Waals surface area contributed by atoms with Gasteiger partial charge in [0.25, 0.3) is 5.91 Å². The number of rotatable bonds is 16. The summed E-state index contributed by atoms with van der Waals surface area (Å²) in [4.78, 5) is 46.9.